The smallest absolute Gasteiger partial charge is 0.299 e. The standard InChI is InChI=1S/C17H22N6O3S.ClH/c1-22-10-12(7-20-22)14-8-19-9-15(14)17(24)21-13-3-2-11-4-5-23(16(11)6-13)27(18,25)26;/h2-3,6-7,10,14-15,19H,4-5,8-9H2,1H3,(H,21,24)(H2,18,25,26);1H/t14-,15+;/m1./s1. The number of nitrogens with one attached hydrogen (secondary N) is 2. The van der Waals surface area contributed by atoms with E-state index < -0.39 is 10.2 Å². The lowest BCUT2D eigenvalue weighted by atomic mass is 9.90. The van der Waals surface area contributed by atoms with Crippen LogP contribution in [0.5, 0.6) is 0 Å². The van der Waals surface area contributed by atoms with E-state index in [0.29, 0.717) is 37.4 Å². The van der Waals surface area contributed by atoms with Crippen LogP contribution >= 0.6 is 12.4 Å². The first-order valence-electron chi connectivity index (χ1n) is 8.76. The number of fused-ring (bicyclic) bond motifs is 1. The molecule has 1 saturated heterocycles. The zero-order valence-electron chi connectivity index (χ0n) is 15.3. The minimum absolute atomic E-state index is 0. The van der Waals surface area contributed by atoms with Crippen molar-refractivity contribution in [2.75, 3.05) is 29.3 Å². The molecule has 152 valence electrons. The Bertz CT molecular complexity index is 993. The van der Waals surface area contributed by atoms with Crippen molar-refractivity contribution in [2.45, 2.75) is 12.3 Å². The summed E-state index contributed by atoms with van der Waals surface area (Å²) in [4.78, 5) is 12.8. The van der Waals surface area contributed by atoms with E-state index in [9.17, 15) is 13.2 Å². The van der Waals surface area contributed by atoms with E-state index in [0.717, 1.165) is 11.1 Å². The van der Waals surface area contributed by atoms with Crippen LogP contribution in [0.25, 0.3) is 0 Å². The summed E-state index contributed by atoms with van der Waals surface area (Å²) in [7, 11) is -1.97. The normalized spacial score (nSPS) is 21.3. The SMILES string of the molecule is Cl.Cn1cc([C@H]2CNC[C@@H]2C(=O)Nc2ccc3c(c2)N(S(N)(=O)=O)CC3)cn1. The molecular weight excluding hydrogens is 404 g/mol. The van der Waals surface area contributed by atoms with Crippen molar-refractivity contribution in [3.8, 4) is 0 Å². The Morgan fingerprint density at radius 3 is 2.82 bits per heavy atom. The summed E-state index contributed by atoms with van der Waals surface area (Å²) in [5, 5.41) is 15.7. The van der Waals surface area contributed by atoms with Gasteiger partial charge in [0, 0.05) is 44.5 Å². The number of halogens is 1. The molecule has 0 saturated carbocycles. The molecule has 28 heavy (non-hydrogen) atoms. The molecule has 1 amide bonds. The largest absolute Gasteiger partial charge is 0.326 e. The van der Waals surface area contributed by atoms with Gasteiger partial charge in [0.1, 0.15) is 0 Å². The zero-order chi connectivity index (χ0) is 19.2. The molecule has 1 fully saturated rings. The van der Waals surface area contributed by atoms with Gasteiger partial charge in [-0.25, -0.2) is 5.14 Å². The third-order valence-electron chi connectivity index (χ3n) is 5.22. The minimum atomic E-state index is -3.82. The first-order chi connectivity index (χ1) is 12.8. The predicted molar refractivity (Wildman–Crippen MR) is 109 cm³/mol. The van der Waals surface area contributed by atoms with Gasteiger partial charge in [0.25, 0.3) is 10.2 Å². The molecule has 2 aliphatic rings. The third-order valence-corrected chi connectivity index (χ3v) is 6.21. The molecule has 1 aromatic carbocycles. The lowest BCUT2D eigenvalue weighted by molar-refractivity contribution is -0.119. The fourth-order valence-electron chi connectivity index (χ4n) is 3.86. The second-order valence-corrected chi connectivity index (χ2v) is 8.49. The summed E-state index contributed by atoms with van der Waals surface area (Å²) in [6, 6.07) is 5.30. The van der Waals surface area contributed by atoms with Gasteiger partial charge in [0.2, 0.25) is 5.91 Å². The number of nitrogens with two attached hydrogens (primary N) is 1. The zero-order valence-corrected chi connectivity index (χ0v) is 17.0. The van der Waals surface area contributed by atoms with Gasteiger partial charge in [0.15, 0.2) is 0 Å². The Hall–Kier alpha value is -2.14. The van der Waals surface area contributed by atoms with Crippen LogP contribution in [-0.4, -0.2) is 43.7 Å². The van der Waals surface area contributed by atoms with Crippen LogP contribution in [0.1, 0.15) is 17.0 Å². The fraction of sp³-hybridized carbons (Fsp3) is 0.412. The van der Waals surface area contributed by atoms with Gasteiger partial charge in [-0.15, -0.1) is 12.4 Å². The van der Waals surface area contributed by atoms with Gasteiger partial charge < -0.3 is 10.6 Å². The summed E-state index contributed by atoms with van der Waals surface area (Å²) in [5.41, 5.74) is 3.02. The van der Waals surface area contributed by atoms with Crippen molar-refractivity contribution in [2.24, 2.45) is 18.1 Å². The highest BCUT2D eigenvalue weighted by Crippen LogP contribution is 2.33. The molecule has 0 unspecified atom stereocenters. The molecule has 2 aliphatic heterocycles. The van der Waals surface area contributed by atoms with Crippen LogP contribution in [-0.2, 0) is 28.5 Å². The number of rotatable bonds is 4. The number of carbonyl (C=O) groups excluding carboxylic acids is 1. The molecular formula is C17H23ClN6O3S. The van der Waals surface area contributed by atoms with Gasteiger partial charge in [-0.2, -0.15) is 13.5 Å². The van der Waals surface area contributed by atoms with Crippen LogP contribution in [0, 0.1) is 5.92 Å². The third kappa shape index (κ3) is 3.86. The Balaban J connectivity index is 0.00000225. The first kappa shape index (κ1) is 20.6. The molecule has 0 aliphatic carbocycles. The van der Waals surface area contributed by atoms with E-state index >= 15 is 0 Å². The van der Waals surface area contributed by atoms with Crippen molar-refractivity contribution in [3.63, 3.8) is 0 Å². The molecule has 3 heterocycles. The van der Waals surface area contributed by atoms with E-state index in [4.69, 9.17) is 5.14 Å². The lowest BCUT2D eigenvalue weighted by Gasteiger charge is -2.19. The first-order valence-corrected chi connectivity index (χ1v) is 10.3. The number of amides is 1. The van der Waals surface area contributed by atoms with E-state index in [-0.39, 0.29) is 30.2 Å². The number of hydrogen-bond donors (Lipinski definition) is 3. The number of benzene rings is 1. The van der Waals surface area contributed by atoms with Crippen molar-refractivity contribution in [1.29, 1.82) is 0 Å². The van der Waals surface area contributed by atoms with E-state index in [1.807, 2.05) is 19.3 Å². The number of nitrogens with zero attached hydrogens (tertiary/aromatic N) is 3. The topological polar surface area (TPSA) is 122 Å². The van der Waals surface area contributed by atoms with E-state index in [1.165, 1.54) is 4.31 Å². The number of aryl methyl sites for hydroxylation is 1. The van der Waals surface area contributed by atoms with Crippen LogP contribution < -0.4 is 20.1 Å². The highest BCUT2D eigenvalue weighted by Gasteiger charge is 2.35. The predicted octanol–water partition coefficient (Wildman–Crippen LogP) is 0.350. The quantitative estimate of drug-likeness (QED) is 0.651. The van der Waals surface area contributed by atoms with E-state index in [1.54, 1.807) is 23.0 Å². The summed E-state index contributed by atoms with van der Waals surface area (Å²) in [5.74, 6) is -0.278. The Morgan fingerprint density at radius 1 is 1.36 bits per heavy atom. The highest BCUT2D eigenvalue weighted by molar-refractivity contribution is 7.90. The minimum Gasteiger partial charge on any atom is -0.326 e. The Kier molecular flexibility index (Phi) is 5.67. The van der Waals surface area contributed by atoms with Gasteiger partial charge >= 0.3 is 0 Å². The number of hydrogen-bond acceptors (Lipinski definition) is 5. The lowest BCUT2D eigenvalue weighted by Crippen LogP contribution is -2.35. The van der Waals surface area contributed by atoms with Crippen molar-refractivity contribution < 1.29 is 13.2 Å². The fourth-order valence-corrected chi connectivity index (χ4v) is 4.65. The maximum Gasteiger partial charge on any atom is 0.299 e. The average Bonchev–Trinajstić information content (AvgIpc) is 3.31. The number of anilines is 2. The summed E-state index contributed by atoms with van der Waals surface area (Å²) >= 11 is 0. The summed E-state index contributed by atoms with van der Waals surface area (Å²) < 4.78 is 26.4. The Morgan fingerprint density at radius 2 is 2.14 bits per heavy atom. The van der Waals surface area contributed by atoms with Crippen LogP contribution in [0.2, 0.25) is 0 Å². The maximum absolute atomic E-state index is 12.8. The molecule has 1 aromatic heterocycles. The Labute approximate surface area is 169 Å². The maximum atomic E-state index is 12.8. The monoisotopic (exact) mass is 426 g/mol. The molecule has 0 radical (unpaired) electrons. The number of carbonyl (C=O) groups is 1. The summed E-state index contributed by atoms with van der Waals surface area (Å²) in [6.07, 6.45) is 4.32. The van der Waals surface area contributed by atoms with Gasteiger partial charge in [0.05, 0.1) is 17.8 Å². The highest BCUT2D eigenvalue weighted by atomic mass is 35.5. The molecule has 0 spiro atoms. The molecule has 4 N–H and O–H groups in total. The average molecular weight is 427 g/mol. The second-order valence-electron chi connectivity index (χ2n) is 7.02. The second kappa shape index (κ2) is 7.70. The van der Waals surface area contributed by atoms with Crippen LogP contribution in [0.4, 0.5) is 11.4 Å². The molecule has 2 aromatic rings. The summed E-state index contributed by atoms with van der Waals surface area (Å²) in [6.45, 7) is 1.62. The van der Waals surface area contributed by atoms with Crippen LogP contribution in [0.15, 0.2) is 30.6 Å². The molecule has 4 rings (SSSR count). The van der Waals surface area contributed by atoms with E-state index in [2.05, 4.69) is 15.7 Å². The van der Waals surface area contributed by atoms with Crippen molar-refractivity contribution >= 4 is 39.9 Å². The molecule has 0 bridgehead atoms. The van der Waals surface area contributed by atoms with Gasteiger partial charge in [-0.3, -0.25) is 13.8 Å². The number of aromatic nitrogens is 2. The molecule has 2 atom stereocenters. The molecule has 11 heteroatoms. The van der Waals surface area contributed by atoms with Gasteiger partial charge in [-0.05, 0) is 29.7 Å². The van der Waals surface area contributed by atoms with Crippen molar-refractivity contribution in [1.82, 2.24) is 15.1 Å². The van der Waals surface area contributed by atoms with Gasteiger partial charge in [-0.1, -0.05) is 6.07 Å². The van der Waals surface area contributed by atoms with Crippen LogP contribution in [0.3, 0.4) is 0 Å². The molecule has 9 nitrogen and oxygen atoms in total. The van der Waals surface area contributed by atoms with Crippen molar-refractivity contribution in [3.05, 3.63) is 41.7 Å².